The summed E-state index contributed by atoms with van der Waals surface area (Å²) < 4.78 is 22.8. The van der Waals surface area contributed by atoms with Crippen LogP contribution in [0.4, 0.5) is 5.82 Å². The summed E-state index contributed by atoms with van der Waals surface area (Å²) in [6.07, 6.45) is 2.71. The van der Waals surface area contributed by atoms with Gasteiger partial charge in [-0.1, -0.05) is 12.2 Å². The van der Waals surface area contributed by atoms with E-state index >= 15 is 0 Å². The van der Waals surface area contributed by atoms with E-state index in [1.165, 1.54) is 6.07 Å². The van der Waals surface area contributed by atoms with Gasteiger partial charge in [-0.2, -0.15) is 0 Å². The van der Waals surface area contributed by atoms with Gasteiger partial charge in [0.05, 0.1) is 0 Å². The van der Waals surface area contributed by atoms with Gasteiger partial charge in [0.25, 0.3) is 0 Å². The maximum absolute atomic E-state index is 11.4. The van der Waals surface area contributed by atoms with Crippen LogP contribution in [0.15, 0.2) is 35.4 Å². The van der Waals surface area contributed by atoms with Crippen LogP contribution < -0.4 is 5.32 Å². The molecule has 1 aromatic rings. The van der Waals surface area contributed by atoms with E-state index < -0.39 is 9.84 Å². The molecule has 1 rings (SSSR count). The minimum absolute atomic E-state index is 0.214. The molecule has 1 heterocycles. The second kappa shape index (κ2) is 4.44. The van der Waals surface area contributed by atoms with E-state index in [1.807, 2.05) is 6.92 Å². The molecule has 0 saturated heterocycles. The molecule has 0 aliphatic heterocycles. The zero-order valence-corrected chi connectivity index (χ0v) is 9.63. The lowest BCUT2D eigenvalue weighted by atomic mass is 10.3. The van der Waals surface area contributed by atoms with E-state index in [4.69, 9.17) is 0 Å². The fourth-order valence-electron chi connectivity index (χ4n) is 1.06. The summed E-state index contributed by atoms with van der Waals surface area (Å²) in [5.74, 6) is 0.378. The first kappa shape index (κ1) is 11.7. The Balaban J connectivity index is 3.02. The predicted molar refractivity (Wildman–Crippen MR) is 60.7 cm³/mol. The van der Waals surface area contributed by atoms with Crippen molar-refractivity contribution in [3.05, 3.63) is 30.5 Å². The van der Waals surface area contributed by atoms with Gasteiger partial charge in [-0.25, -0.2) is 13.4 Å². The van der Waals surface area contributed by atoms with Gasteiger partial charge in [-0.05, 0) is 19.1 Å². The zero-order chi connectivity index (χ0) is 11.5. The number of nitrogens with zero attached hydrogens (tertiary/aromatic N) is 1. The molecule has 0 unspecified atom stereocenters. The molecule has 0 aromatic carbocycles. The number of rotatable bonds is 4. The Kier molecular flexibility index (Phi) is 3.47. The summed E-state index contributed by atoms with van der Waals surface area (Å²) in [4.78, 5) is 4.20. The smallest absolute Gasteiger partial charge is 0.179 e. The first-order valence-corrected chi connectivity index (χ1v) is 6.33. The fraction of sp³-hybridized carbons (Fsp3) is 0.300. The molecule has 1 N–H and O–H groups in total. The third-order valence-corrected chi connectivity index (χ3v) is 2.86. The van der Waals surface area contributed by atoms with Crippen LogP contribution in [0, 0.1) is 0 Å². The van der Waals surface area contributed by atoms with Crippen LogP contribution in [-0.2, 0) is 9.84 Å². The van der Waals surface area contributed by atoms with E-state index in [9.17, 15) is 8.42 Å². The maximum Gasteiger partial charge on any atom is 0.179 e. The van der Waals surface area contributed by atoms with Crippen molar-refractivity contribution in [2.75, 3.05) is 18.1 Å². The highest BCUT2D eigenvalue weighted by Crippen LogP contribution is 2.17. The van der Waals surface area contributed by atoms with Crippen molar-refractivity contribution >= 4 is 15.7 Å². The Morgan fingerprint density at radius 3 is 2.80 bits per heavy atom. The van der Waals surface area contributed by atoms with Gasteiger partial charge in [0.1, 0.15) is 10.7 Å². The van der Waals surface area contributed by atoms with Crippen molar-refractivity contribution in [1.29, 1.82) is 0 Å². The Labute approximate surface area is 90.0 Å². The standard InChI is InChI=1S/C10H14N2O2S/c1-8(2)7-12-10-9(15(3,13)14)5-4-6-11-10/h4-6H,1,7H2,2-3H3,(H,11,12). The van der Waals surface area contributed by atoms with Crippen molar-refractivity contribution in [1.82, 2.24) is 4.98 Å². The van der Waals surface area contributed by atoms with Gasteiger partial charge in [0, 0.05) is 19.0 Å². The van der Waals surface area contributed by atoms with Crippen LogP contribution in [0.2, 0.25) is 0 Å². The Bertz CT molecular complexity index is 466. The molecule has 0 atom stereocenters. The third-order valence-electron chi connectivity index (χ3n) is 1.73. The van der Waals surface area contributed by atoms with Crippen LogP contribution in [0.25, 0.3) is 0 Å². The minimum atomic E-state index is -3.24. The summed E-state index contributed by atoms with van der Waals surface area (Å²) in [6, 6.07) is 3.13. The number of pyridine rings is 1. The first-order valence-electron chi connectivity index (χ1n) is 4.44. The molecular weight excluding hydrogens is 212 g/mol. The normalized spacial score (nSPS) is 11.1. The Morgan fingerprint density at radius 2 is 2.27 bits per heavy atom. The molecule has 0 spiro atoms. The molecule has 0 amide bonds. The number of nitrogens with one attached hydrogen (secondary N) is 1. The molecule has 15 heavy (non-hydrogen) atoms. The summed E-state index contributed by atoms with van der Waals surface area (Å²) in [5, 5.41) is 2.93. The average molecular weight is 226 g/mol. The number of aromatic nitrogens is 1. The summed E-state index contributed by atoms with van der Waals surface area (Å²) in [7, 11) is -3.24. The molecule has 5 heteroatoms. The Morgan fingerprint density at radius 1 is 1.60 bits per heavy atom. The van der Waals surface area contributed by atoms with Crippen LogP contribution >= 0.6 is 0 Å². The van der Waals surface area contributed by atoms with Crippen LogP contribution in [-0.4, -0.2) is 26.2 Å². The van der Waals surface area contributed by atoms with Gasteiger partial charge in [-0.3, -0.25) is 0 Å². The van der Waals surface area contributed by atoms with Crippen molar-refractivity contribution in [3.8, 4) is 0 Å². The first-order chi connectivity index (χ1) is 6.91. The van der Waals surface area contributed by atoms with Crippen molar-refractivity contribution in [3.63, 3.8) is 0 Å². The summed E-state index contributed by atoms with van der Waals surface area (Å²) in [6.45, 7) is 6.09. The van der Waals surface area contributed by atoms with Crippen molar-refractivity contribution < 1.29 is 8.42 Å². The molecule has 1 aromatic heterocycles. The second-order valence-electron chi connectivity index (χ2n) is 3.43. The van der Waals surface area contributed by atoms with E-state index in [1.54, 1.807) is 12.3 Å². The van der Waals surface area contributed by atoms with Gasteiger partial charge in [0.2, 0.25) is 0 Å². The molecule has 0 fully saturated rings. The highest BCUT2D eigenvalue weighted by molar-refractivity contribution is 7.90. The highest BCUT2D eigenvalue weighted by atomic mass is 32.2. The molecule has 0 aliphatic carbocycles. The molecule has 0 saturated carbocycles. The lowest BCUT2D eigenvalue weighted by molar-refractivity contribution is 0.602. The lowest BCUT2D eigenvalue weighted by Crippen LogP contribution is -2.09. The van der Waals surface area contributed by atoms with Gasteiger partial charge < -0.3 is 5.32 Å². The van der Waals surface area contributed by atoms with Crippen molar-refractivity contribution in [2.45, 2.75) is 11.8 Å². The van der Waals surface area contributed by atoms with Crippen LogP contribution in [0.5, 0.6) is 0 Å². The largest absolute Gasteiger partial charge is 0.365 e. The second-order valence-corrected chi connectivity index (χ2v) is 5.42. The summed E-state index contributed by atoms with van der Waals surface area (Å²) >= 11 is 0. The van der Waals surface area contributed by atoms with Crippen molar-refractivity contribution in [2.24, 2.45) is 0 Å². The maximum atomic E-state index is 11.4. The van der Waals surface area contributed by atoms with Gasteiger partial charge in [0.15, 0.2) is 9.84 Å². The number of hydrogen-bond donors (Lipinski definition) is 1. The van der Waals surface area contributed by atoms with E-state index in [2.05, 4.69) is 16.9 Å². The zero-order valence-electron chi connectivity index (χ0n) is 8.82. The topological polar surface area (TPSA) is 59.1 Å². The quantitative estimate of drug-likeness (QED) is 0.790. The Hall–Kier alpha value is -1.36. The predicted octanol–water partition coefficient (Wildman–Crippen LogP) is 1.47. The molecule has 4 nitrogen and oxygen atoms in total. The fourth-order valence-corrected chi connectivity index (χ4v) is 1.86. The number of sulfone groups is 1. The van der Waals surface area contributed by atoms with E-state index in [0.717, 1.165) is 11.8 Å². The third kappa shape index (κ3) is 3.36. The van der Waals surface area contributed by atoms with E-state index in [-0.39, 0.29) is 4.90 Å². The highest BCUT2D eigenvalue weighted by Gasteiger charge is 2.12. The van der Waals surface area contributed by atoms with Crippen LogP contribution in [0.3, 0.4) is 0 Å². The van der Waals surface area contributed by atoms with Gasteiger partial charge >= 0.3 is 0 Å². The molecular formula is C10H14N2O2S. The molecule has 0 bridgehead atoms. The molecule has 0 aliphatic rings. The average Bonchev–Trinajstić information content (AvgIpc) is 2.13. The monoisotopic (exact) mass is 226 g/mol. The SMILES string of the molecule is C=C(C)CNc1ncccc1S(C)(=O)=O. The summed E-state index contributed by atoms with van der Waals surface area (Å²) in [5.41, 5.74) is 0.917. The van der Waals surface area contributed by atoms with Crippen LogP contribution in [0.1, 0.15) is 6.92 Å². The molecule has 0 radical (unpaired) electrons. The molecule has 82 valence electrons. The van der Waals surface area contributed by atoms with E-state index in [0.29, 0.717) is 12.4 Å². The van der Waals surface area contributed by atoms with Gasteiger partial charge in [-0.15, -0.1) is 0 Å². The number of hydrogen-bond acceptors (Lipinski definition) is 4. The number of anilines is 1. The lowest BCUT2D eigenvalue weighted by Gasteiger charge is -2.08. The minimum Gasteiger partial charge on any atom is -0.365 e.